The number of thioether (sulfide) groups is 1. The van der Waals surface area contributed by atoms with Crippen LogP contribution in [0.15, 0.2) is 39.3 Å². The van der Waals surface area contributed by atoms with Crippen molar-refractivity contribution in [1.82, 2.24) is 0 Å². The molecule has 0 aromatic heterocycles. The van der Waals surface area contributed by atoms with Gasteiger partial charge in [0.2, 0.25) is 0 Å². The molecule has 2 fully saturated rings. The standard InChI is InChI=1S/C26H35IO5S/c1-16-5-7-21(8-6-16)33-25(29)15-20-14-24(32-26-10-9-22(28)19(4)30-26)18(3)23(31-20)13-17(2)11-12-27/h5-8,11-12,17-20,23-24,26H,9-10,13-15H2,1-4H3/b12-11+/t17-,18+,19-,20+,23+,24+,26-/m0/s1. The van der Waals surface area contributed by atoms with E-state index in [1.165, 1.54) is 17.3 Å². The molecule has 5 nitrogen and oxygen atoms in total. The zero-order valence-corrected chi connectivity index (χ0v) is 22.8. The number of ether oxygens (including phenoxy) is 3. The lowest BCUT2D eigenvalue weighted by molar-refractivity contribution is -0.243. The van der Waals surface area contributed by atoms with E-state index in [2.05, 4.69) is 42.5 Å². The van der Waals surface area contributed by atoms with Gasteiger partial charge in [-0.2, -0.15) is 0 Å². The van der Waals surface area contributed by atoms with E-state index in [1.54, 1.807) is 6.92 Å². The Morgan fingerprint density at radius 3 is 2.67 bits per heavy atom. The van der Waals surface area contributed by atoms with Crippen LogP contribution in [0.5, 0.6) is 0 Å². The van der Waals surface area contributed by atoms with E-state index in [0.717, 1.165) is 11.3 Å². The van der Waals surface area contributed by atoms with Gasteiger partial charge in [0, 0.05) is 36.5 Å². The maximum atomic E-state index is 12.8. The third kappa shape index (κ3) is 8.16. The van der Waals surface area contributed by atoms with Crippen LogP contribution in [0.1, 0.15) is 58.4 Å². The van der Waals surface area contributed by atoms with Crippen LogP contribution in [-0.2, 0) is 23.8 Å². The number of benzene rings is 1. The van der Waals surface area contributed by atoms with Gasteiger partial charge in [0.05, 0.1) is 18.3 Å². The van der Waals surface area contributed by atoms with Crippen molar-refractivity contribution in [2.45, 2.75) is 95.4 Å². The van der Waals surface area contributed by atoms with Gasteiger partial charge in [-0.15, -0.1) is 0 Å². The van der Waals surface area contributed by atoms with Crippen LogP contribution in [0.3, 0.4) is 0 Å². The second-order valence-electron chi connectivity index (χ2n) is 9.30. The van der Waals surface area contributed by atoms with E-state index in [0.29, 0.717) is 31.6 Å². The zero-order valence-electron chi connectivity index (χ0n) is 19.9. The lowest BCUT2D eigenvalue weighted by Gasteiger charge is -2.43. The lowest BCUT2D eigenvalue weighted by atomic mass is 9.85. The average Bonchev–Trinajstić information content (AvgIpc) is 2.76. The molecular formula is C26H35IO5S. The molecule has 182 valence electrons. The normalized spacial score (nSPS) is 31.6. The van der Waals surface area contributed by atoms with Gasteiger partial charge in [-0.1, -0.05) is 72.0 Å². The number of carbonyl (C=O) groups is 2. The number of ketones is 1. The van der Waals surface area contributed by atoms with Crippen molar-refractivity contribution in [3.05, 3.63) is 40.0 Å². The fourth-order valence-corrected chi connectivity index (χ4v) is 5.90. The summed E-state index contributed by atoms with van der Waals surface area (Å²) < 4.78 is 20.7. The number of halogens is 1. The molecule has 3 rings (SSSR count). The molecule has 1 aromatic rings. The summed E-state index contributed by atoms with van der Waals surface area (Å²) in [5, 5.41) is 0.101. The molecule has 2 aliphatic heterocycles. The van der Waals surface area contributed by atoms with E-state index >= 15 is 0 Å². The molecule has 0 bridgehead atoms. The summed E-state index contributed by atoms with van der Waals surface area (Å²) in [6.07, 6.45) is 4.03. The van der Waals surface area contributed by atoms with Gasteiger partial charge in [-0.3, -0.25) is 9.59 Å². The highest BCUT2D eigenvalue weighted by atomic mass is 127. The highest BCUT2D eigenvalue weighted by molar-refractivity contribution is 14.1. The quantitative estimate of drug-likeness (QED) is 0.265. The Bertz CT molecular complexity index is 826. The van der Waals surface area contributed by atoms with Crippen molar-refractivity contribution in [2.24, 2.45) is 11.8 Å². The van der Waals surface area contributed by atoms with E-state index in [1.807, 2.05) is 35.3 Å². The lowest BCUT2D eigenvalue weighted by Crippen LogP contribution is -2.48. The molecular weight excluding hydrogens is 551 g/mol. The van der Waals surface area contributed by atoms with Gasteiger partial charge < -0.3 is 14.2 Å². The molecule has 0 amide bonds. The molecule has 1 aromatic carbocycles. The summed E-state index contributed by atoms with van der Waals surface area (Å²) >= 11 is 3.51. The number of aryl methyl sites for hydroxylation is 1. The predicted molar refractivity (Wildman–Crippen MR) is 139 cm³/mol. The van der Waals surface area contributed by atoms with Crippen LogP contribution in [0, 0.1) is 18.8 Å². The highest BCUT2D eigenvalue weighted by Gasteiger charge is 2.40. The monoisotopic (exact) mass is 586 g/mol. The summed E-state index contributed by atoms with van der Waals surface area (Å²) in [5.41, 5.74) is 1.18. The molecule has 33 heavy (non-hydrogen) atoms. The van der Waals surface area contributed by atoms with Crippen LogP contribution < -0.4 is 0 Å². The number of hydrogen-bond donors (Lipinski definition) is 0. The largest absolute Gasteiger partial charge is 0.374 e. The van der Waals surface area contributed by atoms with Gasteiger partial charge in [0.1, 0.15) is 6.10 Å². The number of Topliss-reactive ketones (excluding diaryl/α,β-unsaturated/α-hetero) is 1. The predicted octanol–water partition coefficient (Wildman–Crippen LogP) is 6.25. The van der Waals surface area contributed by atoms with Gasteiger partial charge >= 0.3 is 0 Å². The van der Waals surface area contributed by atoms with Crippen molar-refractivity contribution >= 4 is 45.3 Å². The number of carbonyl (C=O) groups excluding carboxylic acids is 2. The second-order valence-corrected chi connectivity index (χ2v) is 11.2. The molecule has 2 heterocycles. The Balaban J connectivity index is 1.66. The maximum Gasteiger partial charge on any atom is 0.196 e. The summed E-state index contributed by atoms with van der Waals surface area (Å²) in [5.74, 6) is 0.668. The van der Waals surface area contributed by atoms with Crippen LogP contribution in [-0.4, -0.2) is 41.6 Å². The fraction of sp³-hybridized carbons (Fsp3) is 0.615. The topological polar surface area (TPSA) is 61.8 Å². The van der Waals surface area contributed by atoms with Crippen LogP contribution in [0.25, 0.3) is 0 Å². The van der Waals surface area contributed by atoms with Gasteiger partial charge in [0.25, 0.3) is 0 Å². The summed E-state index contributed by atoms with van der Waals surface area (Å²) in [6.45, 7) is 8.16. The van der Waals surface area contributed by atoms with Crippen molar-refractivity contribution in [3.63, 3.8) is 0 Å². The fourth-order valence-electron chi connectivity index (χ4n) is 4.39. The molecule has 7 heteroatoms. The van der Waals surface area contributed by atoms with E-state index < -0.39 is 6.10 Å². The minimum atomic E-state index is -0.424. The molecule has 0 N–H and O–H groups in total. The Kier molecular flexibility index (Phi) is 10.4. The zero-order chi connectivity index (χ0) is 24.0. The third-order valence-corrected chi connectivity index (χ3v) is 7.77. The molecule has 0 radical (unpaired) electrons. The van der Waals surface area contributed by atoms with Crippen LogP contribution in [0.4, 0.5) is 0 Å². The maximum absolute atomic E-state index is 12.8. The van der Waals surface area contributed by atoms with E-state index in [4.69, 9.17) is 14.2 Å². The third-order valence-electron chi connectivity index (χ3n) is 6.45. The first-order chi connectivity index (χ1) is 15.7. The van der Waals surface area contributed by atoms with Gasteiger partial charge in [0.15, 0.2) is 17.2 Å². The molecule has 7 atom stereocenters. The van der Waals surface area contributed by atoms with Crippen molar-refractivity contribution < 1.29 is 23.8 Å². The Morgan fingerprint density at radius 1 is 1.27 bits per heavy atom. The van der Waals surface area contributed by atoms with E-state index in [9.17, 15) is 9.59 Å². The summed E-state index contributed by atoms with van der Waals surface area (Å²) in [6, 6.07) is 8.01. The van der Waals surface area contributed by atoms with Crippen molar-refractivity contribution in [2.75, 3.05) is 0 Å². The first-order valence-electron chi connectivity index (χ1n) is 11.8. The Morgan fingerprint density at radius 2 is 2.00 bits per heavy atom. The number of rotatable bonds is 8. The highest BCUT2D eigenvalue weighted by Crippen LogP contribution is 2.36. The van der Waals surface area contributed by atoms with Crippen molar-refractivity contribution in [3.8, 4) is 0 Å². The number of hydrogen-bond acceptors (Lipinski definition) is 6. The molecule has 2 aliphatic rings. The summed E-state index contributed by atoms with van der Waals surface area (Å²) in [4.78, 5) is 25.6. The van der Waals surface area contributed by atoms with Crippen molar-refractivity contribution in [1.29, 1.82) is 0 Å². The van der Waals surface area contributed by atoms with Gasteiger partial charge in [-0.25, -0.2) is 0 Å². The average molecular weight is 587 g/mol. The van der Waals surface area contributed by atoms with Crippen LogP contribution in [0.2, 0.25) is 0 Å². The smallest absolute Gasteiger partial charge is 0.196 e. The van der Waals surface area contributed by atoms with Crippen LogP contribution >= 0.6 is 34.4 Å². The first-order valence-corrected chi connectivity index (χ1v) is 13.8. The summed E-state index contributed by atoms with van der Waals surface area (Å²) in [7, 11) is 0. The molecule has 0 saturated carbocycles. The van der Waals surface area contributed by atoms with Gasteiger partial charge in [-0.05, 0) is 42.4 Å². The first kappa shape index (κ1) is 26.9. The second kappa shape index (κ2) is 12.8. The minimum absolute atomic E-state index is 0.00355. The Labute approximate surface area is 215 Å². The SMILES string of the molecule is Cc1ccc(SC(=O)C[C@H]2C[C@@H](O[C@H]3CCC(=O)[C@H](C)O3)[C@H](C)[C@@H](C[C@@H](C)/C=C/I)O2)cc1. The number of allylic oxidation sites excluding steroid dienone is 1. The molecule has 0 spiro atoms. The molecule has 0 unspecified atom stereocenters. The Hall–Kier alpha value is -0.740. The van der Waals surface area contributed by atoms with E-state index in [-0.39, 0.29) is 41.4 Å². The molecule has 2 saturated heterocycles. The minimum Gasteiger partial charge on any atom is -0.374 e. The molecule has 0 aliphatic carbocycles.